The number of carboxylic acid groups (broad SMARTS) is 1. The Bertz CT molecular complexity index is 1590. The number of nitrogens with zero attached hydrogens (tertiary/aromatic N) is 4. The smallest absolute Gasteiger partial charge is 0.308 e. The van der Waals surface area contributed by atoms with Crippen LogP contribution in [0.25, 0.3) is 5.00 Å². The fourth-order valence-corrected chi connectivity index (χ4v) is 5.88. The number of hydrogen-bond acceptors (Lipinski definition) is 6. The van der Waals surface area contributed by atoms with E-state index in [-0.39, 0.29) is 18.1 Å². The number of carbonyl (C=O) groups is 2. The van der Waals surface area contributed by atoms with Crippen LogP contribution >= 0.6 is 11.3 Å². The van der Waals surface area contributed by atoms with Crippen molar-refractivity contribution in [2.75, 3.05) is 5.32 Å². The third kappa shape index (κ3) is 5.12. The van der Waals surface area contributed by atoms with E-state index in [0.717, 1.165) is 32.1 Å². The Kier molecular flexibility index (Phi) is 7.14. The number of nitrogens with one attached hydrogen (secondary N) is 1. The summed E-state index contributed by atoms with van der Waals surface area (Å²) in [5.41, 5.74) is 5.01. The number of rotatable bonds is 7. The zero-order valence-corrected chi connectivity index (χ0v) is 22.8. The molecule has 0 bridgehead atoms. The highest BCUT2D eigenvalue weighted by molar-refractivity contribution is 7.15. The van der Waals surface area contributed by atoms with E-state index in [1.54, 1.807) is 30.4 Å². The van der Waals surface area contributed by atoms with Gasteiger partial charge in [0.05, 0.1) is 11.6 Å². The van der Waals surface area contributed by atoms with Gasteiger partial charge in [-0.05, 0) is 69.5 Å². The quantitative estimate of drug-likeness (QED) is 0.315. The summed E-state index contributed by atoms with van der Waals surface area (Å²) in [4.78, 5) is 30.7. The second-order valence-corrected chi connectivity index (χ2v) is 10.9. The monoisotopic (exact) mass is 545 g/mol. The van der Waals surface area contributed by atoms with Crippen LogP contribution < -0.4 is 5.32 Å². The summed E-state index contributed by atoms with van der Waals surface area (Å²) in [5.74, 6) is -1.06. The van der Waals surface area contributed by atoms with Crippen LogP contribution in [0.5, 0.6) is 0 Å². The summed E-state index contributed by atoms with van der Waals surface area (Å²) < 4.78 is 15.0. The van der Waals surface area contributed by atoms with Gasteiger partial charge in [0.25, 0.3) is 0 Å². The molecule has 1 unspecified atom stereocenters. The lowest BCUT2D eigenvalue weighted by Gasteiger charge is -2.16. The first-order valence-corrected chi connectivity index (χ1v) is 13.4. The Balaban J connectivity index is 1.45. The Hall–Kier alpha value is -4.18. The van der Waals surface area contributed by atoms with Crippen LogP contribution in [0.1, 0.15) is 58.2 Å². The first-order chi connectivity index (χ1) is 18.6. The standard InChI is InChI=1S/C29H28FN5O3S/c1-15-17(3)39-28-24(15)26(32-25(16(2)29(37)38)27-34-33-18(4)35(27)28)20-8-12-22(13-9-20)31-23(36)14-7-19-5-10-21(30)11-6-19/h5-6,8-13,16,25H,7,14H2,1-4H3,(H,31,36)(H,37,38)/t16-,25?/m0/s1. The zero-order chi connectivity index (χ0) is 27.8. The van der Waals surface area contributed by atoms with Crippen LogP contribution in [0.15, 0.2) is 53.5 Å². The first-order valence-electron chi connectivity index (χ1n) is 12.6. The highest BCUT2D eigenvalue weighted by atomic mass is 32.1. The molecule has 1 aliphatic rings. The lowest BCUT2D eigenvalue weighted by molar-refractivity contribution is -0.141. The van der Waals surface area contributed by atoms with Gasteiger partial charge in [0.1, 0.15) is 22.7 Å². The number of amides is 1. The van der Waals surface area contributed by atoms with Gasteiger partial charge in [0.15, 0.2) is 5.82 Å². The predicted octanol–water partition coefficient (Wildman–Crippen LogP) is 5.58. The molecule has 0 aliphatic carbocycles. The van der Waals surface area contributed by atoms with Crippen molar-refractivity contribution in [3.63, 3.8) is 0 Å². The molecule has 2 aromatic heterocycles. The number of carboxylic acids is 1. The van der Waals surface area contributed by atoms with Gasteiger partial charge in [0.2, 0.25) is 5.91 Å². The molecule has 3 heterocycles. The maximum atomic E-state index is 13.1. The molecular weight excluding hydrogens is 517 g/mol. The first kappa shape index (κ1) is 26.4. The third-order valence-electron chi connectivity index (χ3n) is 7.05. The van der Waals surface area contributed by atoms with Crippen LogP contribution in [0, 0.1) is 32.5 Å². The lowest BCUT2D eigenvalue weighted by atomic mass is 9.98. The number of aliphatic carboxylic acids is 1. The van der Waals surface area contributed by atoms with Crippen LogP contribution in [0.2, 0.25) is 0 Å². The topological polar surface area (TPSA) is 109 Å². The van der Waals surface area contributed by atoms with E-state index in [1.807, 2.05) is 49.6 Å². The van der Waals surface area contributed by atoms with Crippen molar-refractivity contribution >= 4 is 34.6 Å². The number of aromatic nitrogens is 3. The van der Waals surface area contributed by atoms with E-state index < -0.39 is 17.9 Å². The number of carbonyl (C=O) groups excluding carboxylic acids is 1. The van der Waals surface area contributed by atoms with Gasteiger partial charge in [0, 0.05) is 28.1 Å². The number of thiophene rings is 1. The number of fused-ring (bicyclic) bond motifs is 3. The van der Waals surface area contributed by atoms with Crippen molar-refractivity contribution in [3.05, 3.63) is 93.1 Å². The Morgan fingerprint density at radius 1 is 1.08 bits per heavy atom. The fraction of sp³-hybridized carbons (Fsp3) is 0.276. The minimum atomic E-state index is -0.966. The average molecular weight is 546 g/mol. The van der Waals surface area contributed by atoms with E-state index in [1.165, 1.54) is 12.1 Å². The minimum absolute atomic E-state index is 0.144. The molecule has 0 saturated carbocycles. The van der Waals surface area contributed by atoms with Crippen LogP contribution in [0.4, 0.5) is 10.1 Å². The number of hydrogen-bond donors (Lipinski definition) is 2. The number of halogens is 1. The van der Waals surface area contributed by atoms with Crippen molar-refractivity contribution in [2.24, 2.45) is 10.9 Å². The molecule has 0 spiro atoms. The minimum Gasteiger partial charge on any atom is -0.481 e. The van der Waals surface area contributed by atoms with Gasteiger partial charge in [-0.3, -0.25) is 19.1 Å². The molecular formula is C29H28FN5O3S. The summed E-state index contributed by atoms with van der Waals surface area (Å²) >= 11 is 1.61. The Labute approximate surface area is 229 Å². The molecule has 2 aromatic carbocycles. The Morgan fingerprint density at radius 3 is 2.44 bits per heavy atom. The zero-order valence-electron chi connectivity index (χ0n) is 22.0. The van der Waals surface area contributed by atoms with Crippen LogP contribution in [-0.2, 0) is 16.0 Å². The fourth-order valence-electron chi connectivity index (χ4n) is 4.66. The number of benzene rings is 2. The van der Waals surface area contributed by atoms with E-state index in [9.17, 15) is 19.1 Å². The summed E-state index contributed by atoms with van der Waals surface area (Å²) in [5, 5.41) is 22.3. The molecule has 10 heteroatoms. The Morgan fingerprint density at radius 2 is 1.77 bits per heavy atom. The lowest BCUT2D eigenvalue weighted by Crippen LogP contribution is -2.21. The largest absolute Gasteiger partial charge is 0.481 e. The molecule has 0 saturated heterocycles. The molecule has 200 valence electrons. The van der Waals surface area contributed by atoms with Crippen LogP contribution in [0.3, 0.4) is 0 Å². The molecule has 1 amide bonds. The van der Waals surface area contributed by atoms with Crippen molar-refractivity contribution in [2.45, 2.75) is 46.6 Å². The van der Waals surface area contributed by atoms with Crippen molar-refractivity contribution in [1.82, 2.24) is 14.8 Å². The maximum Gasteiger partial charge on any atom is 0.308 e. The number of aliphatic imine (C=N–C) groups is 1. The molecule has 8 nitrogen and oxygen atoms in total. The second-order valence-electron chi connectivity index (χ2n) is 9.71. The molecule has 0 fully saturated rings. The summed E-state index contributed by atoms with van der Waals surface area (Å²) in [6.07, 6.45) is 0.775. The molecule has 5 rings (SSSR count). The average Bonchev–Trinajstić information content (AvgIpc) is 3.38. The summed E-state index contributed by atoms with van der Waals surface area (Å²) in [6.45, 7) is 7.57. The van der Waals surface area contributed by atoms with Gasteiger partial charge >= 0.3 is 5.97 Å². The van der Waals surface area contributed by atoms with Gasteiger partial charge in [-0.15, -0.1) is 21.5 Å². The number of anilines is 1. The summed E-state index contributed by atoms with van der Waals surface area (Å²) in [7, 11) is 0. The molecule has 2 N–H and O–H groups in total. The van der Waals surface area contributed by atoms with E-state index in [2.05, 4.69) is 15.5 Å². The van der Waals surface area contributed by atoms with Crippen molar-refractivity contribution in [1.29, 1.82) is 0 Å². The van der Waals surface area contributed by atoms with Crippen molar-refractivity contribution < 1.29 is 19.1 Å². The molecule has 39 heavy (non-hydrogen) atoms. The van der Waals surface area contributed by atoms with Crippen LogP contribution in [-0.4, -0.2) is 37.5 Å². The predicted molar refractivity (Wildman–Crippen MR) is 148 cm³/mol. The van der Waals surface area contributed by atoms with Gasteiger partial charge in [-0.25, -0.2) is 4.39 Å². The highest BCUT2D eigenvalue weighted by Crippen LogP contribution is 2.40. The normalized spacial score (nSPS) is 15.1. The van der Waals surface area contributed by atoms with Crippen molar-refractivity contribution in [3.8, 4) is 5.00 Å². The second kappa shape index (κ2) is 10.5. The van der Waals surface area contributed by atoms with E-state index in [4.69, 9.17) is 4.99 Å². The molecule has 1 aliphatic heterocycles. The SMILES string of the molecule is Cc1sc2c(c1C)C(c1ccc(NC(=O)CCc3ccc(F)cc3)cc1)=NC([C@H](C)C(=O)O)c1nnc(C)n1-2. The van der Waals surface area contributed by atoms with Gasteiger partial charge < -0.3 is 10.4 Å². The third-order valence-corrected chi connectivity index (χ3v) is 8.24. The van der Waals surface area contributed by atoms with Gasteiger partial charge in [-0.2, -0.15) is 0 Å². The maximum absolute atomic E-state index is 13.1. The highest BCUT2D eigenvalue weighted by Gasteiger charge is 2.36. The number of aryl methyl sites for hydroxylation is 3. The summed E-state index contributed by atoms with van der Waals surface area (Å²) in [6, 6.07) is 12.8. The van der Waals surface area contributed by atoms with E-state index >= 15 is 0 Å². The molecule has 4 aromatic rings. The molecule has 2 atom stereocenters. The molecule has 0 radical (unpaired) electrons. The van der Waals surface area contributed by atoms with E-state index in [0.29, 0.717) is 29.5 Å². The van der Waals surface area contributed by atoms with Gasteiger partial charge in [-0.1, -0.05) is 24.3 Å².